The maximum Gasteiger partial charge on any atom is 0.389 e. The second-order valence-corrected chi connectivity index (χ2v) is 10.9. The van der Waals surface area contributed by atoms with Crippen molar-refractivity contribution in [3.05, 3.63) is 65.4 Å². The van der Waals surface area contributed by atoms with Crippen LogP contribution in [0.2, 0.25) is 0 Å². The van der Waals surface area contributed by atoms with E-state index in [2.05, 4.69) is 17.1 Å². The highest BCUT2D eigenvalue weighted by Gasteiger charge is 2.38. The Balaban J connectivity index is 1.25. The molecule has 4 aliphatic rings. The highest BCUT2D eigenvalue weighted by Crippen LogP contribution is 2.33. The van der Waals surface area contributed by atoms with Crippen LogP contribution in [0.4, 0.5) is 18.9 Å². The van der Waals surface area contributed by atoms with E-state index in [1.54, 1.807) is 0 Å². The van der Waals surface area contributed by atoms with Gasteiger partial charge in [-0.3, -0.25) is 9.59 Å². The van der Waals surface area contributed by atoms with Gasteiger partial charge in [0.25, 0.3) is 5.91 Å². The van der Waals surface area contributed by atoms with E-state index in [0.29, 0.717) is 25.1 Å². The lowest BCUT2D eigenvalue weighted by atomic mass is 9.95. The largest absolute Gasteiger partial charge is 0.389 e. The summed E-state index contributed by atoms with van der Waals surface area (Å²) in [6.07, 6.45) is 5.07. The predicted octanol–water partition coefficient (Wildman–Crippen LogP) is 4.44. The minimum Gasteiger partial charge on any atom is -0.362 e. The first-order valence-electron chi connectivity index (χ1n) is 14.3. The van der Waals surface area contributed by atoms with Gasteiger partial charge in [0.05, 0.1) is 12.5 Å². The van der Waals surface area contributed by atoms with E-state index in [-0.39, 0.29) is 30.7 Å². The second-order valence-electron chi connectivity index (χ2n) is 10.9. The molecule has 0 aliphatic carbocycles. The summed E-state index contributed by atoms with van der Waals surface area (Å²) in [4.78, 5) is 35.8. The molecule has 1 aromatic rings. The Kier molecular flexibility index (Phi) is 8.53. The van der Waals surface area contributed by atoms with Crippen molar-refractivity contribution >= 4 is 23.3 Å². The SMILES string of the molecule is CCC1C(Nc2ccc(C(=O)N3CCCC3CN)cc2)N=C2C(C3=CCN(C(=O)CCC(F)(F)F)CC3)=CC=CN21. The number of anilines is 1. The van der Waals surface area contributed by atoms with Crippen LogP contribution in [0.3, 0.4) is 0 Å². The molecular weight excluding hydrogens is 533 g/mol. The molecule has 0 spiro atoms. The molecule has 220 valence electrons. The van der Waals surface area contributed by atoms with Gasteiger partial charge in [0.2, 0.25) is 5.91 Å². The number of amidine groups is 1. The second kappa shape index (κ2) is 12.1. The van der Waals surface area contributed by atoms with Crippen LogP contribution in [0.1, 0.15) is 55.8 Å². The molecule has 0 radical (unpaired) electrons. The quantitative estimate of drug-likeness (QED) is 0.482. The Morgan fingerprint density at radius 2 is 1.95 bits per heavy atom. The first kappa shape index (κ1) is 28.9. The van der Waals surface area contributed by atoms with Crippen molar-refractivity contribution in [2.24, 2.45) is 10.7 Å². The van der Waals surface area contributed by atoms with Gasteiger partial charge in [-0.15, -0.1) is 0 Å². The number of fused-ring (bicyclic) bond motifs is 1. The lowest BCUT2D eigenvalue weighted by molar-refractivity contribution is -0.148. The summed E-state index contributed by atoms with van der Waals surface area (Å²) in [7, 11) is 0. The fourth-order valence-electron chi connectivity index (χ4n) is 6.03. The van der Waals surface area contributed by atoms with E-state index in [0.717, 1.165) is 48.5 Å². The van der Waals surface area contributed by atoms with Gasteiger partial charge in [0.15, 0.2) is 0 Å². The minimum absolute atomic E-state index is 0.00969. The fourth-order valence-corrected chi connectivity index (χ4v) is 6.03. The molecular formula is C30H37F3N6O2. The smallest absolute Gasteiger partial charge is 0.362 e. The summed E-state index contributed by atoms with van der Waals surface area (Å²) in [6, 6.07) is 7.67. The Bertz CT molecular complexity index is 1270. The topological polar surface area (TPSA) is 94.3 Å². The number of nitrogens with zero attached hydrogens (tertiary/aromatic N) is 4. The summed E-state index contributed by atoms with van der Waals surface area (Å²) < 4.78 is 37.6. The molecule has 5 rings (SSSR count). The van der Waals surface area contributed by atoms with E-state index >= 15 is 0 Å². The summed E-state index contributed by atoms with van der Waals surface area (Å²) in [6.45, 7) is 3.99. The van der Waals surface area contributed by atoms with E-state index in [4.69, 9.17) is 10.7 Å². The van der Waals surface area contributed by atoms with Gasteiger partial charge >= 0.3 is 6.18 Å². The van der Waals surface area contributed by atoms with Crippen LogP contribution < -0.4 is 11.1 Å². The van der Waals surface area contributed by atoms with Gasteiger partial charge in [0.1, 0.15) is 12.0 Å². The van der Waals surface area contributed by atoms with Crippen molar-refractivity contribution in [3.63, 3.8) is 0 Å². The first-order chi connectivity index (χ1) is 19.7. The number of allylic oxidation sites excluding steroid dienone is 2. The normalized spacial score (nSPS) is 24.2. The fraction of sp³-hybridized carbons (Fsp3) is 0.500. The van der Waals surface area contributed by atoms with Gasteiger partial charge in [0, 0.05) is 61.7 Å². The standard InChI is InChI=1S/C30H37F3N6O2/c1-2-25-27(35-22-9-7-21(8-10-22)29(41)38-15-3-5-23(38)19-34)36-28-24(6-4-16-39(25)28)20-12-17-37(18-13-20)26(40)11-14-30(31,32)33/h4,6-10,12,16,23,25,27,35H,2-3,5,11,13-15,17-19,34H2,1H3. The molecule has 1 fully saturated rings. The van der Waals surface area contributed by atoms with E-state index in [1.807, 2.05) is 53.6 Å². The summed E-state index contributed by atoms with van der Waals surface area (Å²) in [5.41, 5.74) is 9.36. The number of aliphatic imine (C=N–C) groups is 1. The minimum atomic E-state index is -4.34. The molecule has 0 bridgehead atoms. The Morgan fingerprint density at radius 1 is 1.17 bits per heavy atom. The molecule has 41 heavy (non-hydrogen) atoms. The number of carbonyl (C=O) groups excluding carboxylic acids is 2. The van der Waals surface area contributed by atoms with Crippen molar-refractivity contribution in [2.45, 2.75) is 69.9 Å². The van der Waals surface area contributed by atoms with Crippen molar-refractivity contribution in [1.29, 1.82) is 0 Å². The number of hydrogen-bond acceptors (Lipinski definition) is 6. The van der Waals surface area contributed by atoms with Gasteiger partial charge in [-0.2, -0.15) is 13.2 Å². The number of amides is 2. The molecule has 3 atom stereocenters. The third-order valence-corrected chi connectivity index (χ3v) is 8.28. The van der Waals surface area contributed by atoms with Crippen LogP contribution in [0.15, 0.2) is 64.8 Å². The van der Waals surface area contributed by atoms with Crippen molar-refractivity contribution < 1.29 is 22.8 Å². The third-order valence-electron chi connectivity index (χ3n) is 8.28. The maximum absolute atomic E-state index is 13.0. The number of nitrogens with one attached hydrogen (secondary N) is 1. The molecule has 0 saturated carbocycles. The lowest BCUT2D eigenvalue weighted by Crippen LogP contribution is -2.40. The number of nitrogens with two attached hydrogens (primary N) is 1. The van der Waals surface area contributed by atoms with E-state index < -0.39 is 24.9 Å². The van der Waals surface area contributed by atoms with E-state index in [1.165, 1.54) is 4.90 Å². The summed E-state index contributed by atoms with van der Waals surface area (Å²) in [5, 5.41) is 3.53. The van der Waals surface area contributed by atoms with Crippen LogP contribution in [-0.2, 0) is 4.79 Å². The predicted molar refractivity (Wildman–Crippen MR) is 152 cm³/mol. The van der Waals surface area contributed by atoms with Crippen molar-refractivity contribution in [2.75, 3.05) is 31.5 Å². The molecule has 3 N–H and O–H groups in total. The number of halogens is 3. The Hall–Kier alpha value is -3.60. The molecule has 1 saturated heterocycles. The Labute approximate surface area is 238 Å². The number of carbonyl (C=O) groups is 2. The van der Waals surface area contributed by atoms with Crippen LogP contribution in [0.5, 0.6) is 0 Å². The van der Waals surface area contributed by atoms with Crippen LogP contribution >= 0.6 is 0 Å². The summed E-state index contributed by atoms with van der Waals surface area (Å²) in [5.74, 6) is 0.377. The third kappa shape index (κ3) is 6.34. The first-order valence-corrected chi connectivity index (χ1v) is 14.3. The van der Waals surface area contributed by atoms with E-state index in [9.17, 15) is 22.8 Å². The van der Waals surface area contributed by atoms with Crippen LogP contribution in [0, 0.1) is 0 Å². The molecule has 11 heteroatoms. The molecule has 2 amide bonds. The maximum atomic E-state index is 13.0. The molecule has 8 nitrogen and oxygen atoms in total. The zero-order chi connectivity index (χ0) is 29.1. The van der Waals surface area contributed by atoms with Gasteiger partial charge in [-0.25, -0.2) is 4.99 Å². The number of benzene rings is 1. The average Bonchev–Trinajstić information content (AvgIpc) is 3.59. The molecule has 4 aliphatic heterocycles. The van der Waals surface area contributed by atoms with Crippen LogP contribution in [-0.4, -0.2) is 83.0 Å². The Morgan fingerprint density at radius 3 is 2.61 bits per heavy atom. The zero-order valence-electron chi connectivity index (χ0n) is 23.2. The average molecular weight is 571 g/mol. The number of rotatable bonds is 8. The molecule has 3 unspecified atom stereocenters. The number of likely N-dealkylation sites (tertiary alicyclic amines) is 1. The van der Waals surface area contributed by atoms with Crippen molar-refractivity contribution in [3.8, 4) is 0 Å². The molecule has 0 aromatic heterocycles. The van der Waals surface area contributed by atoms with Crippen molar-refractivity contribution in [1.82, 2.24) is 14.7 Å². The highest BCUT2D eigenvalue weighted by molar-refractivity contribution is 6.05. The monoisotopic (exact) mass is 570 g/mol. The highest BCUT2D eigenvalue weighted by atomic mass is 19.4. The van der Waals surface area contributed by atoms with Gasteiger partial charge in [-0.05, 0) is 67.7 Å². The van der Waals surface area contributed by atoms with Crippen LogP contribution in [0.25, 0.3) is 0 Å². The lowest BCUT2D eigenvalue weighted by Gasteiger charge is -2.32. The number of alkyl halides is 3. The molecule has 4 heterocycles. The van der Waals surface area contributed by atoms with Gasteiger partial charge in [-0.1, -0.05) is 13.0 Å². The zero-order valence-corrected chi connectivity index (χ0v) is 23.2. The molecule has 1 aromatic carbocycles. The summed E-state index contributed by atoms with van der Waals surface area (Å²) >= 11 is 0. The van der Waals surface area contributed by atoms with Gasteiger partial charge < -0.3 is 25.8 Å². The number of hydrogen-bond donors (Lipinski definition) is 2.